The van der Waals surface area contributed by atoms with Gasteiger partial charge in [-0.2, -0.15) is 0 Å². The number of nitrogens with two attached hydrogens (primary N) is 1. The van der Waals surface area contributed by atoms with E-state index in [-0.39, 0.29) is 12.1 Å². The molecule has 96 valence electrons. The third-order valence-corrected chi connectivity index (χ3v) is 3.29. The van der Waals surface area contributed by atoms with Crippen LogP contribution in [0.25, 0.3) is 0 Å². The number of nitrogens with zero attached hydrogens (tertiary/aromatic N) is 1. The molecule has 1 fully saturated rings. The molecule has 0 aromatic heterocycles. The highest BCUT2D eigenvalue weighted by atomic mass is 16.3. The molecular formula is C13H28N2O. The Kier molecular flexibility index (Phi) is 5.73. The molecule has 0 aromatic carbocycles. The quantitative estimate of drug-likeness (QED) is 0.726. The molecule has 1 saturated carbocycles. The summed E-state index contributed by atoms with van der Waals surface area (Å²) in [4.78, 5) is 2.33. The van der Waals surface area contributed by atoms with E-state index in [4.69, 9.17) is 10.8 Å². The van der Waals surface area contributed by atoms with Crippen molar-refractivity contribution in [3.8, 4) is 0 Å². The van der Waals surface area contributed by atoms with Crippen LogP contribution in [0, 0.1) is 5.92 Å². The molecule has 0 amide bonds. The lowest BCUT2D eigenvalue weighted by molar-refractivity contribution is 0.140. The van der Waals surface area contributed by atoms with Gasteiger partial charge in [0.15, 0.2) is 0 Å². The molecule has 16 heavy (non-hydrogen) atoms. The van der Waals surface area contributed by atoms with Crippen LogP contribution in [0.1, 0.15) is 46.0 Å². The minimum absolute atomic E-state index is 0.163. The molecule has 0 spiro atoms. The van der Waals surface area contributed by atoms with Crippen LogP contribution in [0.15, 0.2) is 0 Å². The number of rotatable bonds is 6. The average molecular weight is 228 g/mol. The Labute approximate surface area is 100 Å². The smallest absolute Gasteiger partial charge is 0.0558 e. The Balaban J connectivity index is 2.36. The molecule has 0 heterocycles. The Hall–Kier alpha value is -0.120. The van der Waals surface area contributed by atoms with Crippen molar-refractivity contribution < 1.29 is 5.11 Å². The fourth-order valence-corrected chi connectivity index (χ4v) is 2.69. The van der Waals surface area contributed by atoms with E-state index >= 15 is 0 Å². The lowest BCUT2D eigenvalue weighted by atomic mass is 9.88. The number of aliphatic hydroxyl groups is 1. The number of aliphatic hydroxyl groups excluding tert-OH is 1. The van der Waals surface area contributed by atoms with Crippen LogP contribution in [0.5, 0.6) is 0 Å². The van der Waals surface area contributed by atoms with Crippen LogP contribution in [0.3, 0.4) is 0 Å². The zero-order chi connectivity index (χ0) is 12.0. The third-order valence-electron chi connectivity index (χ3n) is 3.29. The van der Waals surface area contributed by atoms with Gasteiger partial charge in [-0.1, -0.05) is 19.3 Å². The monoisotopic (exact) mass is 228 g/mol. The van der Waals surface area contributed by atoms with Crippen molar-refractivity contribution in [1.29, 1.82) is 0 Å². The lowest BCUT2D eigenvalue weighted by Gasteiger charge is -2.33. The van der Waals surface area contributed by atoms with Gasteiger partial charge in [0, 0.05) is 25.2 Å². The highest BCUT2D eigenvalue weighted by molar-refractivity contribution is 4.79. The second kappa shape index (κ2) is 6.58. The molecule has 1 aliphatic carbocycles. The van der Waals surface area contributed by atoms with Crippen LogP contribution >= 0.6 is 0 Å². The fourth-order valence-electron chi connectivity index (χ4n) is 2.69. The predicted octanol–water partition coefficient (Wildman–Crippen LogP) is 1.60. The van der Waals surface area contributed by atoms with Crippen molar-refractivity contribution in [3.05, 3.63) is 0 Å². The van der Waals surface area contributed by atoms with E-state index in [1.54, 1.807) is 0 Å². The van der Waals surface area contributed by atoms with Crippen molar-refractivity contribution in [1.82, 2.24) is 4.90 Å². The minimum atomic E-state index is -0.163. The molecule has 0 unspecified atom stereocenters. The average Bonchev–Trinajstić information content (AvgIpc) is 2.17. The van der Waals surface area contributed by atoms with Gasteiger partial charge in [0.25, 0.3) is 0 Å². The maximum Gasteiger partial charge on any atom is 0.0558 e. The SMILES string of the molecule is CC(C)(N)CN(CCO)CC1CCCCC1. The van der Waals surface area contributed by atoms with E-state index in [1.807, 2.05) is 0 Å². The minimum Gasteiger partial charge on any atom is -0.395 e. The molecule has 0 saturated heterocycles. The Morgan fingerprint density at radius 1 is 1.25 bits per heavy atom. The molecule has 0 aliphatic heterocycles. The summed E-state index contributed by atoms with van der Waals surface area (Å²) in [7, 11) is 0. The van der Waals surface area contributed by atoms with Crippen molar-refractivity contribution in [2.24, 2.45) is 11.7 Å². The maximum atomic E-state index is 9.08. The van der Waals surface area contributed by atoms with Crippen LogP contribution in [-0.2, 0) is 0 Å². The summed E-state index contributed by atoms with van der Waals surface area (Å²) in [5.74, 6) is 0.822. The molecule has 0 atom stereocenters. The molecule has 1 rings (SSSR count). The van der Waals surface area contributed by atoms with E-state index < -0.39 is 0 Å². The molecule has 0 radical (unpaired) electrons. The summed E-state index contributed by atoms with van der Waals surface area (Å²) in [6, 6.07) is 0. The van der Waals surface area contributed by atoms with E-state index in [0.29, 0.717) is 0 Å². The first kappa shape index (κ1) is 13.9. The van der Waals surface area contributed by atoms with Gasteiger partial charge in [0.1, 0.15) is 0 Å². The largest absolute Gasteiger partial charge is 0.395 e. The predicted molar refractivity (Wildman–Crippen MR) is 68.4 cm³/mol. The Morgan fingerprint density at radius 3 is 2.38 bits per heavy atom. The van der Waals surface area contributed by atoms with E-state index in [0.717, 1.165) is 25.6 Å². The van der Waals surface area contributed by atoms with Crippen molar-refractivity contribution in [2.75, 3.05) is 26.2 Å². The van der Waals surface area contributed by atoms with Crippen molar-refractivity contribution in [2.45, 2.75) is 51.5 Å². The summed E-state index contributed by atoms with van der Waals surface area (Å²) in [5.41, 5.74) is 5.89. The fraction of sp³-hybridized carbons (Fsp3) is 1.00. The van der Waals surface area contributed by atoms with Gasteiger partial charge in [0.2, 0.25) is 0 Å². The summed E-state index contributed by atoms with van der Waals surface area (Å²) < 4.78 is 0. The van der Waals surface area contributed by atoms with Crippen LogP contribution in [-0.4, -0.2) is 41.8 Å². The maximum absolute atomic E-state index is 9.08. The van der Waals surface area contributed by atoms with E-state index in [9.17, 15) is 0 Å². The van der Waals surface area contributed by atoms with Gasteiger partial charge >= 0.3 is 0 Å². The summed E-state index contributed by atoms with van der Waals surface area (Å²) in [6.07, 6.45) is 6.87. The van der Waals surface area contributed by atoms with Gasteiger partial charge in [-0.15, -0.1) is 0 Å². The third kappa shape index (κ3) is 5.83. The van der Waals surface area contributed by atoms with Crippen molar-refractivity contribution in [3.63, 3.8) is 0 Å². The summed E-state index contributed by atoms with van der Waals surface area (Å²) in [5, 5.41) is 9.08. The highest BCUT2D eigenvalue weighted by Gasteiger charge is 2.21. The van der Waals surface area contributed by atoms with Gasteiger partial charge in [-0.3, -0.25) is 4.90 Å². The first-order valence-corrected chi connectivity index (χ1v) is 6.63. The standard InChI is InChI=1S/C13H28N2O/c1-13(2,14)11-15(8-9-16)10-12-6-4-3-5-7-12/h12,16H,3-11,14H2,1-2H3. The molecular weight excluding hydrogens is 200 g/mol. The molecule has 0 bridgehead atoms. The molecule has 0 aromatic rings. The van der Waals surface area contributed by atoms with Gasteiger partial charge in [0.05, 0.1) is 6.61 Å². The Bertz CT molecular complexity index is 183. The molecule has 1 aliphatic rings. The summed E-state index contributed by atoms with van der Waals surface area (Å²) >= 11 is 0. The zero-order valence-electron chi connectivity index (χ0n) is 10.9. The van der Waals surface area contributed by atoms with Crippen LogP contribution in [0.2, 0.25) is 0 Å². The lowest BCUT2D eigenvalue weighted by Crippen LogP contribution is -2.47. The van der Waals surface area contributed by atoms with E-state index in [2.05, 4.69) is 18.7 Å². The Morgan fingerprint density at radius 2 is 1.88 bits per heavy atom. The summed E-state index contributed by atoms with van der Waals surface area (Å²) in [6.45, 7) is 7.10. The van der Waals surface area contributed by atoms with Gasteiger partial charge < -0.3 is 10.8 Å². The first-order chi connectivity index (χ1) is 7.51. The van der Waals surface area contributed by atoms with Gasteiger partial charge in [-0.25, -0.2) is 0 Å². The van der Waals surface area contributed by atoms with Crippen molar-refractivity contribution >= 4 is 0 Å². The first-order valence-electron chi connectivity index (χ1n) is 6.63. The number of hydrogen-bond acceptors (Lipinski definition) is 3. The van der Waals surface area contributed by atoms with E-state index in [1.165, 1.54) is 32.1 Å². The highest BCUT2D eigenvalue weighted by Crippen LogP contribution is 2.24. The molecule has 3 heteroatoms. The molecule has 3 nitrogen and oxygen atoms in total. The number of hydrogen-bond donors (Lipinski definition) is 2. The zero-order valence-corrected chi connectivity index (χ0v) is 10.9. The normalized spacial score (nSPS) is 19.3. The molecule has 3 N–H and O–H groups in total. The topological polar surface area (TPSA) is 49.5 Å². The second-order valence-electron chi connectivity index (χ2n) is 5.95. The van der Waals surface area contributed by atoms with Crippen LogP contribution in [0.4, 0.5) is 0 Å². The van der Waals surface area contributed by atoms with Crippen LogP contribution < -0.4 is 5.73 Å². The second-order valence-corrected chi connectivity index (χ2v) is 5.95. The van der Waals surface area contributed by atoms with Gasteiger partial charge in [-0.05, 0) is 32.6 Å².